The van der Waals surface area contributed by atoms with E-state index >= 15 is 0 Å². The maximum absolute atomic E-state index is 5.31. The van der Waals surface area contributed by atoms with Crippen LogP contribution in [0.1, 0.15) is 32.5 Å². The van der Waals surface area contributed by atoms with Gasteiger partial charge in [0.2, 0.25) is 0 Å². The normalized spacial score (nSPS) is 11.0. The van der Waals surface area contributed by atoms with Crippen molar-refractivity contribution in [3.63, 3.8) is 0 Å². The minimum Gasteiger partial charge on any atom is -0.375 e. The molecule has 1 rings (SSSR count). The highest BCUT2D eigenvalue weighted by molar-refractivity contribution is 4.99. The Balaban J connectivity index is 2.64. The SMILES string of the molecule is CCOCc1ccnn1C(C)C. The highest BCUT2D eigenvalue weighted by atomic mass is 16.5. The van der Waals surface area contributed by atoms with Crippen LogP contribution in [0.5, 0.6) is 0 Å². The Morgan fingerprint density at radius 2 is 2.33 bits per heavy atom. The molecule has 3 nitrogen and oxygen atoms in total. The molecule has 12 heavy (non-hydrogen) atoms. The van der Waals surface area contributed by atoms with Gasteiger partial charge in [-0.1, -0.05) is 0 Å². The average molecular weight is 168 g/mol. The van der Waals surface area contributed by atoms with Crippen LogP contribution in [-0.4, -0.2) is 16.4 Å². The third-order valence-electron chi connectivity index (χ3n) is 1.70. The largest absolute Gasteiger partial charge is 0.375 e. The first-order valence-corrected chi connectivity index (χ1v) is 4.35. The number of ether oxygens (including phenoxy) is 1. The van der Waals surface area contributed by atoms with E-state index in [1.165, 1.54) is 0 Å². The molecule has 0 fully saturated rings. The standard InChI is InChI=1S/C9H16N2O/c1-4-12-7-9-5-6-10-11(9)8(2)3/h5-6,8H,4,7H2,1-3H3. The van der Waals surface area contributed by atoms with E-state index in [2.05, 4.69) is 18.9 Å². The van der Waals surface area contributed by atoms with E-state index in [1.807, 2.05) is 23.9 Å². The van der Waals surface area contributed by atoms with Crippen molar-refractivity contribution in [2.45, 2.75) is 33.4 Å². The Morgan fingerprint density at radius 3 is 2.92 bits per heavy atom. The van der Waals surface area contributed by atoms with Crippen molar-refractivity contribution >= 4 is 0 Å². The van der Waals surface area contributed by atoms with E-state index in [4.69, 9.17) is 4.74 Å². The fraction of sp³-hybridized carbons (Fsp3) is 0.667. The second kappa shape index (κ2) is 4.26. The second-order valence-electron chi connectivity index (χ2n) is 3.00. The van der Waals surface area contributed by atoms with Crippen molar-refractivity contribution in [2.75, 3.05) is 6.61 Å². The van der Waals surface area contributed by atoms with Crippen LogP contribution in [0.2, 0.25) is 0 Å². The molecule has 1 aromatic heterocycles. The van der Waals surface area contributed by atoms with Gasteiger partial charge in [-0.25, -0.2) is 0 Å². The molecule has 1 aromatic rings. The van der Waals surface area contributed by atoms with Crippen molar-refractivity contribution in [3.05, 3.63) is 18.0 Å². The van der Waals surface area contributed by atoms with Crippen LogP contribution < -0.4 is 0 Å². The molecule has 0 spiro atoms. The zero-order chi connectivity index (χ0) is 8.97. The first kappa shape index (κ1) is 9.26. The molecule has 0 saturated carbocycles. The summed E-state index contributed by atoms with van der Waals surface area (Å²) < 4.78 is 7.29. The zero-order valence-electron chi connectivity index (χ0n) is 7.95. The molecule has 0 aliphatic rings. The average Bonchev–Trinajstić information content (AvgIpc) is 2.48. The van der Waals surface area contributed by atoms with Gasteiger partial charge in [0.05, 0.1) is 12.3 Å². The second-order valence-corrected chi connectivity index (χ2v) is 3.00. The van der Waals surface area contributed by atoms with Gasteiger partial charge in [-0.15, -0.1) is 0 Å². The van der Waals surface area contributed by atoms with Crippen LogP contribution in [0, 0.1) is 0 Å². The topological polar surface area (TPSA) is 27.1 Å². The molecular formula is C9H16N2O. The van der Waals surface area contributed by atoms with Crippen LogP contribution in [0.25, 0.3) is 0 Å². The highest BCUT2D eigenvalue weighted by Crippen LogP contribution is 2.08. The molecule has 1 heterocycles. The summed E-state index contributed by atoms with van der Waals surface area (Å²) in [5, 5.41) is 4.21. The predicted octanol–water partition coefficient (Wildman–Crippen LogP) is 2.00. The molecule has 68 valence electrons. The van der Waals surface area contributed by atoms with E-state index in [0.717, 1.165) is 12.3 Å². The van der Waals surface area contributed by atoms with E-state index in [1.54, 1.807) is 0 Å². The predicted molar refractivity (Wildman–Crippen MR) is 47.9 cm³/mol. The minimum atomic E-state index is 0.412. The fourth-order valence-corrected chi connectivity index (χ4v) is 1.13. The van der Waals surface area contributed by atoms with Gasteiger partial charge >= 0.3 is 0 Å². The van der Waals surface area contributed by atoms with Gasteiger partial charge in [-0.05, 0) is 26.8 Å². The monoisotopic (exact) mass is 168 g/mol. The Morgan fingerprint density at radius 1 is 1.58 bits per heavy atom. The lowest BCUT2D eigenvalue weighted by molar-refractivity contribution is 0.126. The van der Waals surface area contributed by atoms with Gasteiger partial charge in [-0.3, -0.25) is 4.68 Å². The smallest absolute Gasteiger partial charge is 0.0884 e. The van der Waals surface area contributed by atoms with Gasteiger partial charge in [0.25, 0.3) is 0 Å². The highest BCUT2D eigenvalue weighted by Gasteiger charge is 2.04. The Hall–Kier alpha value is -0.830. The zero-order valence-corrected chi connectivity index (χ0v) is 7.95. The van der Waals surface area contributed by atoms with Gasteiger partial charge in [0.15, 0.2) is 0 Å². The molecule has 0 aliphatic carbocycles. The summed E-state index contributed by atoms with van der Waals surface area (Å²) in [5.41, 5.74) is 1.15. The molecule has 0 saturated heterocycles. The lowest BCUT2D eigenvalue weighted by Crippen LogP contribution is -2.08. The van der Waals surface area contributed by atoms with Crippen molar-refractivity contribution in [1.29, 1.82) is 0 Å². The summed E-state index contributed by atoms with van der Waals surface area (Å²) in [6, 6.07) is 2.41. The Labute approximate surface area is 73.3 Å². The van der Waals surface area contributed by atoms with Crippen molar-refractivity contribution < 1.29 is 4.74 Å². The van der Waals surface area contributed by atoms with Crippen molar-refractivity contribution in [3.8, 4) is 0 Å². The Bertz CT molecular complexity index is 230. The number of hydrogen-bond acceptors (Lipinski definition) is 2. The molecule has 0 unspecified atom stereocenters. The molecule has 0 radical (unpaired) electrons. The van der Waals surface area contributed by atoms with Crippen molar-refractivity contribution in [1.82, 2.24) is 9.78 Å². The number of aromatic nitrogens is 2. The van der Waals surface area contributed by atoms with Crippen LogP contribution >= 0.6 is 0 Å². The maximum atomic E-state index is 5.31. The lowest BCUT2D eigenvalue weighted by atomic mass is 10.3. The molecule has 0 aliphatic heterocycles. The Kier molecular flexibility index (Phi) is 3.29. The molecule has 0 bridgehead atoms. The first-order chi connectivity index (χ1) is 5.75. The van der Waals surface area contributed by atoms with Crippen LogP contribution in [-0.2, 0) is 11.3 Å². The van der Waals surface area contributed by atoms with Gasteiger partial charge in [0.1, 0.15) is 0 Å². The van der Waals surface area contributed by atoms with Gasteiger partial charge in [0, 0.05) is 18.8 Å². The first-order valence-electron chi connectivity index (χ1n) is 4.35. The minimum absolute atomic E-state index is 0.412. The summed E-state index contributed by atoms with van der Waals surface area (Å²) in [4.78, 5) is 0. The lowest BCUT2D eigenvalue weighted by Gasteiger charge is -2.10. The number of hydrogen-bond donors (Lipinski definition) is 0. The van der Waals surface area contributed by atoms with Gasteiger partial charge in [-0.2, -0.15) is 5.10 Å². The molecule has 0 aromatic carbocycles. The summed E-state index contributed by atoms with van der Waals surface area (Å²) >= 11 is 0. The summed E-state index contributed by atoms with van der Waals surface area (Å²) in [7, 11) is 0. The van der Waals surface area contributed by atoms with Crippen molar-refractivity contribution in [2.24, 2.45) is 0 Å². The summed E-state index contributed by atoms with van der Waals surface area (Å²) in [6.07, 6.45) is 1.81. The summed E-state index contributed by atoms with van der Waals surface area (Å²) in [6.45, 7) is 7.64. The fourth-order valence-electron chi connectivity index (χ4n) is 1.13. The van der Waals surface area contributed by atoms with Gasteiger partial charge < -0.3 is 4.74 Å². The maximum Gasteiger partial charge on any atom is 0.0884 e. The molecule has 0 N–H and O–H groups in total. The third-order valence-corrected chi connectivity index (χ3v) is 1.70. The number of nitrogens with zero attached hydrogens (tertiary/aromatic N) is 2. The van der Waals surface area contributed by atoms with E-state index in [-0.39, 0.29) is 0 Å². The van der Waals surface area contributed by atoms with E-state index in [0.29, 0.717) is 12.6 Å². The number of rotatable bonds is 4. The molecule has 3 heteroatoms. The van der Waals surface area contributed by atoms with E-state index in [9.17, 15) is 0 Å². The quantitative estimate of drug-likeness (QED) is 0.687. The van der Waals surface area contributed by atoms with E-state index < -0.39 is 0 Å². The summed E-state index contributed by atoms with van der Waals surface area (Å²) in [5.74, 6) is 0. The third kappa shape index (κ3) is 2.08. The molecule has 0 atom stereocenters. The van der Waals surface area contributed by atoms with Crippen LogP contribution in [0.15, 0.2) is 12.3 Å². The van der Waals surface area contributed by atoms with Crippen LogP contribution in [0.4, 0.5) is 0 Å². The molecule has 0 amide bonds. The van der Waals surface area contributed by atoms with Crippen LogP contribution in [0.3, 0.4) is 0 Å². The molecular weight excluding hydrogens is 152 g/mol.